The van der Waals surface area contributed by atoms with Gasteiger partial charge in [0.2, 0.25) is 11.7 Å². The average Bonchev–Trinajstić information content (AvgIpc) is 3.75. The SMILES string of the molecule is O=C(NCCO)C1=CC2OC(c3ccccc3)(c3ccccc3)OC2C(OC(=O)c2ccccc2C=CC2CCC3OC3C2)C1. The van der Waals surface area contributed by atoms with E-state index in [9.17, 15) is 14.7 Å². The van der Waals surface area contributed by atoms with E-state index in [0.29, 0.717) is 29.3 Å². The first-order chi connectivity index (χ1) is 22.0. The Morgan fingerprint density at radius 2 is 1.62 bits per heavy atom. The van der Waals surface area contributed by atoms with Crippen molar-refractivity contribution >= 4 is 18.0 Å². The molecule has 2 N–H and O–H groups in total. The van der Waals surface area contributed by atoms with Crippen molar-refractivity contribution in [3.63, 3.8) is 0 Å². The van der Waals surface area contributed by atoms with Crippen LogP contribution in [-0.2, 0) is 29.5 Å². The number of allylic oxidation sites excluding steroid dienone is 1. The molecule has 7 rings (SSSR count). The smallest absolute Gasteiger partial charge is 0.339 e. The van der Waals surface area contributed by atoms with Crippen LogP contribution < -0.4 is 5.32 Å². The highest BCUT2D eigenvalue weighted by atomic mass is 16.8. The Labute approximate surface area is 262 Å². The summed E-state index contributed by atoms with van der Waals surface area (Å²) < 4.78 is 25.5. The van der Waals surface area contributed by atoms with Crippen molar-refractivity contribution in [2.45, 2.75) is 62.0 Å². The molecule has 2 aliphatic carbocycles. The highest BCUT2D eigenvalue weighted by molar-refractivity contribution is 5.95. The predicted octanol–water partition coefficient (Wildman–Crippen LogP) is 4.92. The summed E-state index contributed by atoms with van der Waals surface area (Å²) in [6.07, 6.45) is 7.87. The van der Waals surface area contributed by atoms with Gasteiger partial charge in [-0.1, -0.05) is 91.0 Å². The molecule has 1 saturated carbocycles. The van der Waals surface area contributed by atoms with Gasteiger partial charge in [0, 0.05) is 29.7 Å². The van der Waals surface area contributed by atoms with Gasteiger partial charge in [-0.25, -0.2) is 4.79 Å². The lowest BCUT2D eigenvalue weighted by Crippen LogP contribution is -2.43. The van der Waals surface area contributed by atoms with Crippen LogP contribution in [0.5, 0.6) is 0 Å². The molecular formula is C37H37NO7. The van der Waals surface area contributed by atoms with E-state index in [1.165, 1.54) is 0 Å². The second kappa shape index (κ2) is 12.7. The maximum Gasteiger partial charge on any atom is 0.339 e. The third kappa shape index (κ3) is 6.11. The van der Waals surface area contributed by atoms with Gasteiger partial charge in [0.25, 0.3) is 0 Å². The van der Waals surface area contributed by atoms with Crippen molar-refractivity contribution in [2.24, 2.45) is 5.92 Å². The number of carbonyl (C=O) groups excluding carboxylic acids is 2. The molecule has 3 aromatic carbocycles. The lowest BCUT2D eigenvalue weighted by molar-refractivity contribution is -0.157. The van der Waals surface area contributed by atoms with Crippen LogP contribution in [0.1, 0.15) is 52.7 Å². The molecule has 0 spiro atoms. The number of epoxide rings is 1. The fourth-order valence-corrected chi connectivity index (χ4v) is 6.75. The summed E-state index contributed by atoms with van der Waals surface area (Å²) in [6.45, 7) is -0.0775. The highest BCUT2D eigenvalue weighted by Gasteiger charge is 2.55. The minimum absolute atomic E-state index is 0.109. The van der Waals surface area contributed by atoms with Crippen LogP contribution >= 0.6 is 0 Å². The molecular weight excluding hydrogens is 570 g/mol. The first-order valence-electron chi connectivity index (χ1n) is 15.7. The van der Waals surface area contributed by atoms with E-state index < -0.39 is 30.1 Å². The van der Waals surface area contributed by atoms with Crippen molar-refractivity contribution in [2.75, 3.05) is 13.2 Å². The van der Waals surface area contributed by atoms with Crippen LogP contribution in [-0.4, -0.2) is 60.7 Å². The molecule has 232 valence electrons. The zero-order valence-corrected chi connectivity index (χ0v) is 24.9. The highest BCUT2D eigenvalue weighted by Crippen LogP contribution is 2.47. The number of carbonyl (C=O) groups is 2. The van der Waals surface area contributed by atoms with Crippen molar-refractivity contribution in [3.05, 3.63) is 125 Å². The minimum Gasteiger partial charge on any atom is -0.456 e. The van der Waals surface area contributed by atoms with Crippen molar-refractivity contribution in [1.29, 1.82) is 0 Å². The van der Waals surface area contributed by atoms with Crippen molar-refractivity contribution in [1.82, 2.24) is 5.32 Å². The number of aliphatic hydroxyl groups excluding tert-OH is 1. The molecule has 8 nitrogen and oxygen atoms in total. The van der Waals surface area contributed by atoms with E-state index in [1.54, 1.807) is 12.1 Å². The summed E-state index contributed by atoms with van der Waals surface area (Å²) in [5.41, 5.74) is 3.21. The van der Waals surface area contributed by atoms with Gasteiger partial charge in [-0.05, 0) is 42.9 Å². The molecule has 6 unspecified atom stereocenters. The van der Waals surface area contributed by atoms with Gasteiger partial charge >= 0.3 is 5.97 Å². The zero-order valence-electron chi connectivity index (χ0n) is 24.9. The molecule has 8 heteroatoms. The van der Waals surface area contributed by atoms with E-state index in [1.807, 2.05) is 84.9 Å². The lowest BCUT2D eigenvalue weighted by Gasteiger charge is -2.31. The van der Waals surface area contributed by atoms with Gasteiger partial charge < -0.3 is 29.4 Å². The summed E-state index contributed by atoms with van der Waals surface area (Å²) in [7, 11) is 0. The van der Waals surface area contributed by atoms with E-state index in [-0.39, 0.29) is 25.5 Å². The van der Waals surface area contributed by atoms with Crippen LogP contribution in [0.4, 0.5) is 0 Å². The van der Waals surface area contributed by atoms with Crippen molar-refractivity contribution < 1.29 is 33.6 Å². The van der Waals surface area contributed by atoms with Gasteiger partial charge in [-0.2, -0.15) is 0 Å². The maximum absolute atomic E-state index is 13.9. The molecule has 0 bridgehead atoms. The summed E-state index contributed by atoms with van der Waals surface area (Å²) in [6, 6.07) is 26.7. The molecule has 0 aromatic heterocycles. The third-order valence-corrected chi connectivity index (χ3v) is 9.11. The van der Waals surface area contributed by atoms with Gasteiger partial charge in [0.15, 0.2) is 0 Å². The molecule has 1 amide bonds. The van der Waals surface area contributed by atoms with Crippen LogP contribution in [0.25, 0.3) is 6.08 Å². The average molecular weight is 608 g/mol. The molecule has 2 aliphatic heterocycles. The Balaban J connectivity index is 1.18. The summed E-state index contributed by atoms with van der Waals surface area (Å²) in [5, 5.41) is 12.0. The van der Waals surface area contributed by atoms with Gasteiger partial charge in [-0.3, -0.25) is 4.79 Å². The Morgan fingerprint density at radius 3 is 2.33 bits per heavy atom. The zero-order chi connectivity index (χ0) is 30.8. The molecule has 3 aromatic rings. The first-order valence-corrected chi connectivity index (χ1v) is 15.7. The molecule has 45 heavy (non-hydrogen) atoms. The first kappa shape index (κ1) is 29.6. The van der Waals surface area contributed by atoms with Crippen LogP contribution in [0.15, 0.2) is 103 Å². The number of hydrogen-bond donors (Lipinski definition) is 2. The monoisotopic (exact) mass is 607 g/mol. The summed E-state index contributed by atoms with van der Waals surface area (Å²) >= 11 is 0. The van der Waals surface area contributed by atoms with Crippen LogP contribution in [0.2, 0.25) is 0 Å². The fraction of sp³-hybridized carbons (Fsp3) is 0.351. The molecule has 0 radical (unpaired) electrons. The number of rotatable bonds is 9. The molecule has 3 fully saturated rings. The Morgan fingerprint density at radius 1 is 0.911 bits per heavy atom. The Kier molecular flexibility index (Phi) is 8.38. The third-order valence-electron chi connectivity index (χ3n) is 9.11. The largest absolute Gasteiger partial charge is 0.456 e. The van der Waals surface area contributed by atoms with Crippen LogP contribution in [0.3, 0.4) is 0 Å². The quantitative estimate of drug-likeness (QED) is 0.263. The van der Waals surface area contributed by atoms with E-state index in [4.69, 9.17) is 18.9 Å². The summed E-state index contributed by atoms with van der Waals surface area (Å²) in [5.74, 6) is -1.70. The maximum atomic E-state index is 13.9. The minimum atomic E-state index is -1.28. The van der Waals surface area contributed by atoms with E-state index >= 15 is 0 Å². The van der Waals surface area contributed by atoms with Gasteiger partial charge in [-0.15, -0.1) is 0 Å². The number of nitrogens with one attached hydrogen (secondary N) is 1. The van der Waals surface area contributed by atoms with Crippen LogP contribution in [0, 0.1) is 5.92 Å². The van der Waals surface area contributed by atoms with Crippen molar-refractivity contribution in [3.8, 4) is 0 Å². The Hall–Kier alpha value is -4.08. The van der Waals surface area contributed by atoms with E-state index in [2.05, 4.69) is 11.4 Å². The number of benzene rings is 3. The molecule has 2 heterocycles. The summed E-state index contributed by atoms with van der Waals surface area (Å²) in [4.78, 5) is 27.0. The molecule has 2 saturated heterocycles. The van der Waals surface area contributed by atoms with Gasteiger partial charge in [0.05, 0.1) is 24.4 Å². The predicted molar refractivity (Wildman–Crippen MR) is 167 cm³/mol. The fourth-order valence-electron chi connectivity index (χ4n) is 6.75. The number of amides is 1. The molecule has 4 aliphatic rings. The number of hydrogen-bond acceptors (Lipinski definition) is 7. The number of ether oxygens (including phenoxy) is 4. The topological polar surface area (TPSA) is 107 Å². The Bertz CT molecular complexity index is 1550. The number of esters is 1. The standard InChI is InChI=1S/C37H37NO7/c39-20-19-38-35(40)26-22-32(43-36(41)29-14-8-7-9-25(29)17-15-24-16-18-30-31(21-24)42-30)34-33(23-26)44-37(45-34,27-10-3-1-4-11-27)28-12-5-2-6-13-28/h1-15,17,23-24,30-34,39H,16,18-22H2,(H,38,40). The normalized spacial score (nSPS) is 28.1. The number of fused-ring (bicyclic) bond motifs is 2. The molecule has 6 atom stereocenters. The van der Waals surface area contributed by atoms with Gasteiger partial charge in [0.1, 0.15) is 18.3 Å². The number of aliphatic hydroxyl groups is 1. The van der Waals surface area contributed by atoms with E-state index in [0.717, 1.165) is 36.0 Å². The second-order valence-corrected chi connectivity index (χ2v) is 12.1. The second-order valence-electron chi connectivity index (χ2n) is 12.1. The lowest BCUT2D eigenvalue weighted by atomic mass is 9.88.